The minimum absolute atomic E-state index is 0. The molecule has 39 heavy (non-hydrogen) atoms. The molecule has 0 aliphatic carbocycles. The molecule has 0 saturated carbocycles. The summed E-state index contributed by atoms with van der Waals surface area (Å²) in [5.74, 6) is -6.67. The Hall–Kier alpha value is -1.89. The Morgan fingerprint density at radius 3 is 0.821 bits per heavy atom. The van der Waals surface area contributed by atoms with Gasteiger partial charge in [-0.3, -0.25) is 0 Å². The Kier molecular flexibility index (Phi) is 12.5. The van der Waals surface area contributed by atoms with Crippen LogP contribution in [0.2, 0.25) is 0 Å². The SMILES string of the molecule is CC(C(=O)[O-])c1cc(C(F)(F)F)cc(C(F)(F)F)c1.CC(C(=O)[O-])c1cc(C(F)(F)F)cc(C(F)(F)F)c1.[Ba+2]. The summed E-state index contributed by atoms with van der Waals surface area (Å²) in [4.78, 5) is 21.1. The molecule has 17 heteroatoms. The van der Waals surface area contributed by atoms with Crippen molar-refractivity contribution in [2.45, 2.75) is 50.4 Å². The Bertz CT molecular complexity index is 1010. The fourth-order valence-electron chi connectivity index (χ4n) is 2.73. The van der Waals surface area contributed by atoms with Crippen molar-refractivity contribution in [1.29, 1.82) is 0 Å². The topological polar surface area (TPSA) is 80.3 Å². The second-order valence-corrected chi connectivity index (χ2v) is 7.76. The number of aliphatic carboxylic acids is 2. The molecule has 2 unspecified atom stereocenters. The Labute approximate surface area is 252 Å². The molecular weight excluding hydrogens is 694 g/mol. The summed E-state index contributed by atoms with van der Waals surface area (Å²) in [7, 11) is 0. The maximum absolute atomic E-state index is 12.5. The molecule has 4 nitrogen and oxygen atoms in total. The van der Waals surface area contributed by atoms with Crippen molar-refractivity contribution >= 4 is 60.8 Å². The molecule has 0 spiro atoms. The van der Waals surface area contributed by atoms with Crippen LogP contribution in [0.4, 0.5) is 52.7 Å². The zero-order valence-corrected chi connectivity index (χ0v) is 23.9. The first-order valence-corrected chi connectivity index (χ1v) is 9.86. The van der Waals surface area contributed by atoms with Crippen molar-refractivity contribution in [2.24, 2.45) is 0 Å². The van der Waals surface area contributed by atoms with Crippen LogP contribution in [0.15, 0.2) is 36.4 Å². The molecule has 0 aliphatic heterocycles. The van der Waals surface area contributed by atoms with Crippen molar-refractivity contribution in [1.82, 2.24) is 0 Å². The van der Waals surface area contributed by atoms with Gasteiger partial charge in [0.15, 0.2) is 0 Å². The number of hydrogen-bond donors (Lipinski definition) is 0. The number of halogens is 12. The van der Waals surface area contributed by atoms with E-state index < -0.39 is 81.9 Å². The van der Waals surface area contributed by atoms with Crippen LogP contribution < -0.4 is 10.2 Å². The summed E-state index contributed by atoms with van der Waals surface area (Å²) < 4.78 is 150. The van der Waals surface area contributed by atoms with Gasteiger partial charge in [0.2, 0.25) is 0 Å². The molecule has 0 aromatic heterocycles. The van der Waals surface area contributed by atoms with E-state index in [1.54, 1.807) is 0 Å². The molecule has 0 saturated heterocycles. The molecule has 0 aliphatic rings. The predicted molar refractivity (Wildman–Crippen MR) is 105 cm³/mol. The summed E-state index contributed by atoms with van der Waals surface area (Å²) in [6, 6.07) is 1.35. The van der Waals surface area contributed by atoms with Crippen LogP contribution in [-0.2, 0) is 34.3 Å². The van der Waals surface area contributed by atoms with E-state index in [1.165, 1.54) is 0 Å². The van der Waals surface area contributed by atoms with Gasteiger partial charge in [0, 0.05) is 23.8 Å². The van der Waals surface area contributed by atoms with E-state index in [4.69, 9.17) is 0 Å². The molecule has 2 aromatic carbocycles. The van der Waals surface area contributed by atoms with Crippen LogP contribution in [-0.4, -0.2) is 60.8 Å². The van der Waals surface area contributed by atoms with Gasteiger partial charge in [-0.15, -0.1) is 0 Å². The van der Waals surface area contributed by atoms with Crippen LogP contribution >= 0.6 is 0 Å². The molecule has 0 N–H and O–H groups in total. The average Bonchev–Trinajstić information content (AvgIpc) is 2.75. The molecule has 2 atom stereocenters. The van der Waals surface area contributed by atoms with E-state index >= 15 is 0 Å². The van der Waals surface area contributed by atoms with Gasteiger partial charge in [0.25, 0.3) is 0 Å². The molecule has 2 rings (SSSR count). The molecule has 0 radical (unpaired) electrons. The van der Waals surface area contributed by atoms with Gasteiger partial charge in [-0.05, 0) is 47.5 Å². The number of carboxylic acid groups (broad SMARTS) is 2. The average molecular weight is 708 g/mol. The van der Waals surface area contributed by atoms with E-state index in [0.717, 1.165) is 13.8 Å². The number of carbonyl (C=O) groups is 2. The minimum atomic E-state index is -5.00. The van der Waals surface area contributed by atoms with E-state index in [9.17, 15) is 72.5 Å². The van der Waals surface area contributed by atoms with E-state index in [-0.39, 0.29) is 61.0 Å². The fraction of sp³-hybridized carbons (Fsp3) is 0.364. The van der Waals surface area contributed by atoms with Crippen molar-refractivity contribution in [2.75, 3.05) is 0 Å². The predicted octanol–water partition coefficient (Wildman–Crippen LogP) is 4.77. The quantitative estimate of drug-likeness (QED) is 0.339. The summed E-state index contributed by atoms with van der Waals surface area (Å²) in [5, 5.41) is 21.1. The second-order valence-electron chi connectivity index (χ2n) is 7.76. The number of alkyl halides is 12. The maximum Gasteiger partial charge on any atom is 2.00 e. The van der Waals surface area contributed by atoms with Gasteiger partial charge in [0.05, 0.1) is 22.3 Å². The van der Waals surface area contributed by atoms with Crippen molar-refractivity contribution < 1.29 is 72.5 Å². The Morgan fingerprint density at radius 2 is 0.692 bits per heavy atom. The van der Waals surface area contributed by atoms with Crippen LogP contribution in [0.25, 0.3) is 0 Å². The van der Waals surface area contributed by atoms with Gasteiger partial charge >= 0.3 is 73.6 Å². The van der Waals surface area contributed by atoms with Crippen LogP contribution in [0, 0.1) is 0 Å². The van der Waals surface area contributed by atoms with E-state index in [2.05, 4.69) is 0 Å². The normalized spacial score (nSPS) is 13.9. The van der Waals surface area contributed by atoms with Crippen molar-refractivity contribution in [3.8, 4) is 0 Å². The van der Waals surface area contributed by atoms with Gasteiger partial charge in [-0.2, -0.15) is 52.7 Å². The third-order valence-electron chi connectivity index (χ3n) is 4.93. The first-order valence-electron chi connectivity index (χ1n) is 9.86. The molecule has 2 aromatic rings. The zero-order valence-electron chi connectivity index (χ0n) is 19.5. The smallest absolute Gasteiger partial charge is 0.550 e. The number of rotatable bonds is 4. The summed E-state index contributed by atoms with van der Waals surface area (Å²) in [6.45, 7) is 1.90. The molecular formula is C22H14BaF12O4. The minimum Gasteiger partial charge on any atom is -0.550 e. The number of benzene rings is 2. The van der Waals surface area contributed by atoms with Crippen molar-refractivity contribution in [3.63, 3.8) is 0 Å². The van der Waals surface area contributed by atoms with Crippen LogP contribution in [0.3, 0.4) is 0 Å². The van der Waals surface area contributed by atoms with Gasteiger partial charge in [-0.25, -0.2) is 0 Å². The van der Waals surface area contributed by atoms with Gasteiger partial charge in [0.1, 0.15) is 0 Å². The Balaban J connectivity index is 0.000000722. The number of hydrogen-bond acceptors (Lipinski definition) is 4. The summed E-state index contributed by atoms with van der Waals surface area (Å²) >= 11 is 0. The third-order valence-corrected chi connectivity index (χ3v) is 4.93. The first kappa shape index (κ1) is 37.1. The first-order chi connectivity index (χ1) is 16.9. The van der Waals surface area contributed by atoms with Gasteiger partial charge < -0.3 is 19.8 Å². The van der Waals surface area contributed by atoms with Crippen LogP contribution in [0.1, 0.15) is 59.1 Å². The molecule has 0 fully saturated rings. The van der Waals surface area contributed by atoms with Crippen LogP contribution in [0.5, 0.6) is 0 Å². The largest absolute Gasteiger partial charge is 2.00 e. The van der Waals surface area contributed by atoms with Crippen molar-refractivity contribution in [3.05, 3.63) is 69.8 Å². The fourth-order valence-corrected chi connectivity index (χ4v) is 2.73. The third kappa shape index (κ3) is 10.9. The van der Waals surface area contributed by atoms with E-state index in [0.29, 0.717) is 24.3 Å². The molecule has 0 amide bonds. The molecule has 0 bridgehead atoms. The maximum atomic E-state index is 12.5. The summed E-state index contributed by atoms with van der Waals surface area (Å²) in [6.07, 6.45) is -20.0. The molecule has 212 valence electrons. The standard InChI is InChI=1S/2C11H8F6O2.Ba/c2*1-5(9(18)19)6-2-7(10(12,13)14)4-8(3-6)11(15,16)17;/h2*2-5H,1H3,(H,18,19);/q;;+2/p-2. The zero-order chi connectivity index (χ0) is 30.0. The monoisotopic (exact) mass is 708 g/mol. The summed E-state index contributed by atoms with van der Waals surface area (Å²) in [5.41, 5.74) is -7.42. The van der Waals surface area contributed by atoms with E-state index in [1.807, 2.05) is 0 Å². The molecule has 0 heterocycles. The number of carboxylic acids is 2. The Morgan fingerprint density at radius 1 is 0.513 bits per heavy atom. The van der Waals surface area contributed by atoms with Gasteiger partial charge in [-0.1, -0.05) is 13.8 Å². The second kappa shape index (κ2) is 13.2. The number of carbonyl (C=O) groups excluding carboxylic acids is 2.